The predicted molar refractivity (Wildman–Crippen MR) is 96.5 cm³/mol. The van der Waals surface area contributed by atoms with Gasteiger partial charge in [-0.05, 0) is 36.0 Å². The highest BCUT2D eigenvalue weighted by molar-refractivity contribution is 6.45. The van der Waals surface area contributed by atoms with Crippen LogP contribution in [0.25, 0.3) is 0 Å². The van der Waals surface area contributed by atoms with Gasteiger partial charge in [-0.2, -0.15) is 0 Å². The molecule has 1 unspecified atom stereocenters. The Morgan fingerprint density at radius 3 is 2.41 bits per heavy atom. The van der Waals surface area contributed by atoms with Crippen molar-refractivity contribution in [3.8, 4) is 0 Å². The number of nitrogens with zero attached hydrogens (tertiary/aromatic N) is 4. The van der Waals surface area contributed by atoms with E-state index in [4.69, 9.17) is 11.5 Å². The number of ketones is 1. The maximum atomic E-state index is 12.5. The molecule has 0 saturated carbocycles. The molecule has 0 spiro atoms. The average Bonchev–Trinajstić information content (AvgIpc) is 2.68. The molecule has 0 aromatic carbocycles. The summed E-state index contributed by atoms with van der Waals surface area (Å²) in [4.78, 5) is 51.6. The van der Waals surface area contributed by atoms with Gasteiger partial charge < -0.3 is 16.8 Å². The number of rotatable bonds is 8. The van der Waals surface area contributed by atoms with E-state index in [0.717, 1.165) is 6.20 Å². The number of hydrogen-bond acceptors (Lipinski definition) is 8. The van der Waals surface area contributed by atoms with E-state index in [1.165, 1.54) is 30.9 Å². The lowest BCUT2D eigenvalue weighted by atomic mass is 10.0. The highest BCUT2D eigenvalue weighted by Gasteiger charge is 2.26. The number of nitrogens with one attached hydrogen (secondary N) is 1. The molecule has 10 heteroatoms. The molecule has 138 valence electrons. The van der Waals surface area contributed by atoms with E-state index in [1.807, 2.05) is 0 Å². The quantitative estimate of drug-likeness (QED) is 0.405. The van der Waals surface area contributed by atoms with E-state index in [-0.39, 0.29) is 18.1 Å². The van der Waals surface area contributed by atoms with Gasteiger partial charge in [-0.15, -0.1) is 0 Å². The zero-order chi connectivity index (χ0) is 19.6. The Labute approximate surface area is 154 Å². The molecule has 10 nitrogen and oxygen atoms in total. The van der Waals surface area contributed by atoms with Gasteiger partial charge in [0.15, 0.2) is 0 Å². The largest absolute Gasteiger partial charge is 0.405 e. The lowest BCUT2D eigenvalue weighted by Crippen LogP contribution is -2.49. The van der Waals surface area contributed by atoms with Gasteiger partial charge in [-0.3, -0.25) is 19.4 Å². The van der Waals surface area contributed by atoms with E-state index >= 15 is 0 Å². The zero-order valence-electron chi connectivity index (χ0n) is 14.1. The molecule has 0 aliphatic rings. The van der Waals surface area contributed by atoms with Crippen LogP contribution in [-0.4, -0.2) is 44.3 Å². The van der Waals surface area contributed by atoms with Crippen molar-refractivity contribution in [1.29, 1.82) is 0 Å². The first-order valence-electron chi connectivity index (χ1n) is 7.78. The van der Waals surface area contributed by atoms with E-state index < -0.39 is 23.6 Å². The number of hydrogen-bond donors (Lipinski definition) is 3. The smallest absolute Gasteiger partial charge is 0.287 e. The van der Waals surface area contributed by atoms with Gasteiger partial charge in [0.05, 0.1) is 0 Å². The first kappa shape index (κ1) is 19.4. The molecule has 2 aromatic heterocycles. The molecule has 2 aromatic rings. The van der Waals surface area contributed by atoms with Crippen LogP contribution in [0.15, 0.2) is 60.3 Å². The van der Waals surface area contributed by atoms with Crippen molar-refractivity contribution < 1.29 is 14.4 Å². The monoisotopic (exact) mass is 367 g/mol. The van der Waals surface area contributed by atoms with Crippen molar-refractivity contribution in [3.05, 3.63) is 60.8 Å². The van der Waals surface area contributed by atoms with E-state index in [1.54, 1.807) is 18.2 Å². The molecule has 0 aliphatic heterocycles. The Bertz CT molecular complexity index is 867. The Balaban J connectivity index is 2.25. The van der Waals surface area contributed by atoms with E-state index in [9.17, 15) is 14.4 Å². The second kappa shape index (κ2) is 9.51. The number of aliphatic imine (C=N–C) groups is 1. The Morgan fingerprint density at radius 1 is 1.15 bits per heavy atom. The Hall–Kier alpha value is -3.95. The maximum absolute atomic E-state index is 12.5. The molecule has 0 bridgehead atoms. The van der Waals surface area contributed by atoms with Crippen LogP contribution in [0.3, 0.4) is 0 Å². The van der Waals surface area contributed by atoms with Crippen molar-refractivity contribution in [2.75, 3.05) is 0 Å². The number of nitrogens with two attached hydrogens (primary N) is 2. The van der Waals surface area contributed by atoms with Gasteiger partial charge >= 0.3 is 0 Å². The summed E-state index contributed by atoms with van der Waals surface area (Å²) in [6.07, 6.45) is 8.35. The molecule has 0 aliphatic carbocycles. The topological polar surface area (TPSA) is 166 Å². The summed E-state index contributed by atoms with van der Waals surface area (Å²) in [5, 5.41) is 2.45. The van der Waals surface area contributed by atoms with Crippen molar-refractivity contribution >= 4 is 29.3 Å². The van der Waals surface area contributed by atoms with Crippen LogP contribution in [0.1, 0.15) is 5.56 Å². The fourth-order valence-corrected chi connectivity index (χ4v) is 2.08. The van der Waals surface area contributed by atoms with Crippen LogP contribution in [0, 0.1) is 0 Å². The molecule has 0 fully saturated rings. The van der Waals surface area contributed by atoms with Gasteiger partial charge in [0.25, 0.3) is 11.8 Å². The Kier molecular flexibility index (Phi) is 6.83. The van der Waals surface area contributed by atoms with E-state index in [0.29, 0.717) is 5.56 Å². The molecule has 1 atom stereocenters. The summed E-state index contributed by atoms with van der Waals surface area (Å²) in [6, 6.07) is 3.72. The number of pyridine rings is 1. The number of amides is 2. The number of Topliss-reactive ketones (excluding diaryl/α,β-unsaturated/α-hetero) is 1. The minimum absolute atomic E-state index is 0.0349. The molecule has 2 heterocycles. The fraction of sp³-hybridized carbons (Fsp3) is 0.118. The van der Waals surface area contributed by atoms with Gasteiger partial charge in [0, 0.05) is 31.2 Å². The number of primary amides is 1. The summed E-state index contributed by atoms with van der Waals surface area (Å²) in [5.74, 6) is -2.80. The third kappa shape index (κ3) is 5.81. The minimum Gasteiger partial charge on any atom is -0.405 e. The Morgan fingerprint density at radius 2 is 1.81 bits per heavy atom. The van der Waals surface area contributed by atoms with Gasteiger partial charge in [0.1, 0.15) is 11.8 Å². The summed E-state index contributed by atoms with van der Waals surface area (Å²) < 4.78 is 0. The number of carbonyl (C=O) groups is 3. The van der Waals surface area contributed by atoms with Crippen LogP contribution in [0.2, 0.25) is 0 Å². The zero-order valence-corrected chi connectivity index (χ0v) is 14.1. The molecule has 2 rings (SSSR count). The summed E-state index contributed by atoms with van der Waals surface area (Å²) in [5.41, 5.74) is 11.0. The van der Waals surface area contributed by atoms with Gasteiger partial charge in [0.2, 0.25) is 11.7 Å². The van der Waals surface area contributed by atoms with Crippen molar-refractivity contribution in [3.63, 3.8) is 0 Å². The second-order valence-electron chi connectivity index (χ2n) is 5.22. The van der Waals surface area contributed by atoms with Crippen molar-refractivity contribution in [2.45, 2.75) is 12.5 Å². The molecule has 2 amide bonds. The van der Waals surface area contributed by atoms with E-state index in [2.05, 4.69) is 25.3 Å². The molecule has 0 saturated heterocycles. The van der Waals surface area contributed by atoms with Crippen LogP contribution in [-0.2, 0) is 20.8 Å². The molecular weight excluding hydrogens is 350 g/mol. The van der Waals surface area contributed by atoms with Gasteiger partial charge in [-0.25, -0.2) is 15.0 Å². The minimum atomic E-state index is -1.18. The SMILES string of the molecule is N/C=C\C(=N\c1ncccn1)C(=O)NC(Cc1ccncc1)C(=O)C(N)=O. The molecule has 0 radical (unpaired) electrons. The molecule has 5 N–H and O–H groups in total. The first-order valence-corrected chi connectivity index (χ1v) is 7.78. The van der Waals surface area contributed by atoms with Crippen molar-refractivity contribution in [1.82, 2.24) is 20.3 Å². The van der Waals surface area contributed by atoms with Gasteiger partial charge in [-0.1, -0.05) is 0 Å². The fourth-order valence-electron chi connectivity index (χ4n) is 2.08. The highest BCUT2D eigenvalue weighted by Crippen LogP contribution is 2.05. The van der Waals surface area contributed by atoms with Crippen LogP contribution in [0.4, 0.5) is 5.95 Å². The highest BCUT2D eigenvalue weighted by atomic mass is 16.2. The molecular formula is C17H17N7O3. The first-order chi connectivity index (χ1) is 13.0. The van der Waals surface area contributed by atoms with Crippen LogP contribution >= 0.6 is 0 Å². The predicted octanol–water partition coefficient (Wildman–Crippen LogP) is -0.802. The third-order valence-corrected chi connectivity index (χ3v) is 3.31. The normalized spacial score (nSPS) is 12.5. The lowest BCUT2D eigenvalue weighted by Gasteiger charge is -2.16. The van der Waals surface area contributed by atoms with Crippen molar-refractivity contribution in [2.24, 2.45) is 16.5 Å². The third-order valence-electron chi connectivity index (χ3n) is 3.31. The second-order valence-corrected chi connectivity index (χ2v) is 5.22. The summed E-state index contributed by atoms with van der Waals surface area (Å²) in [7, 11) is 0. The van der Waals surface area contributed by atoms with Crippen LogP contribution < -0.4 is 16.8 Å². The maximum Gasteiger partial charge on any atom is 0.287 e. The summed E-state index contributed by atoms with van der Waals surface area (Å²) in [6.45, 7) is 0. The lowest BCUT2D eigenvalue weighted by molar-refractivity contribution is -0.137. The summed E-state index contributed by atoms with van der Waals surface area (Å²) >= 11 is 0. The van der Waals surface area contributed by atoms with Crippen LogP contribution in [0.5, 0.6) is 0 Å². The molecule has 27 heavy (non-hydrogen) atoms. The standard InChI is InChI=1S/C17H17N7O3/c18-5-2-12(24-17-21-6-1-7-22-17)16(27)23-13(14(25)15(19)26)10-11-3-8-20-9-4-11/h1-9,13H,10,18H2,(H2,19,26)(H,23,27)/b5-2-,24-12-. The average molecular weight is 367 g/mol. The number of aromatic nitrogens is 3. The number of carbonyl (C=O) groups excluding carboxylic acids is 3.